The maximum atomic E-state index is 6.17. The van der Waals surface area contributed by atoms with Crippen LogP contribution in [0.4, 0.5) is 5.69 Å². The van der Waals surface area contributed by atoms with E-state index in [2.05, 4.69) is 15.3 Å². The highest BCUT2D eigenvalue weighted by atomic mass is 35.5. The molecular formula is C15H12ClN3. The number of hydrogen-bond donors (Lipinski definition) is 1. The number of aromatic nitrogens is 2. The lowest BCUT2D eigenvalue weighted by molar-refractivity contribution is 1.13. The minimum atomic E-state index is 0.720. The zero-order valence-corrected chi connectivity index (χ0v) is 10.9. The molecule has 0 bridgehead atoms. The van der Waals surface area contributed by atoms with Gasteiger partial charge in [-0.05, 0) is 42.0 Å². The van der Waals surface area contributed by atoms with Crippen LogP contribution in [0.1, 0.15) is 5.56 Å². The lowest BCUT2D eigenvalue weighted by Crippen LogP contribution is -2.00. The van der Waals surface area contributed by atoms with Crippen LogP contribution in [0.2, 0.25) is 5.02 Å². The van der Waals surface area contributed by atoms with E-state index < -0.39 is 0 Å². The Kier molecular flexibility index (Phi) is 3.29. The summed E-state index contributed by atoms with van der Waals surface area (Å²) in [6, 6.07) is 11.7. The summed E-state index contributed by atoms with van der Waals surface area (Å²) in [7, 11) is 0. The molecule has 0 atom stereocenters. The smallest absolute Gasteiger partial charge is 0.0948 e. The second kappa shape index (κ2) is 5.24. The average Bonchev–Trinajstić information content (AvgIpc) is 2.48. The summed E-state index contributed by atoms with van der Waals surface area (Å²) >= 11 is 6.17. The number of nitrogens with one attached hydrogen (secondary N) is 1. The van der Waals surface area contributed by atoms with Crippen LogP contribution in [0.5, 0.6) is 0 Å². The molecule has 4 heteroatoms. The van der Waals surface area contributed by atoms with E-state index in [0.717, 1.165) is 28.2 Å². The Morgan fingerprint density at radius 1 is 1.00 bits per heavy atom. The Labute approximate surface area is 116 Å². The number of nitrogens with zero attached hydrogens (tertiary/aromatic N) is 2. The van der Waals surface area contributed by atoms with E-state index in [9.17, 15) is 0 Å². The highest BCUT2D eigenvalue weighted by Gasteiger charge is 2.05. The van der Waals surface area contributed by atoms with Crippen molar-refractivity contribution in [2.45, 2.75) is 6.54 Å². The molecule has 0 unspecified atom stereocenters. The normalized spacial score (nSPS) is 10.6. The van der Waals surface area contributed by atoms with Crippen LogP contribution in [-0.2, 0) is 6.54 Å². The molecule has 0 radical (unpaired) electrons. The van der Waals surface area contributed by atoms with E-state index in [1.807, 2.05) is 36.4 Å². The molecule has 0 aliphatic heterocycles. The zero-order valence-electron chi connectivity index (χ0n) is 10.2. The molecule has 2 heterocycles. The van der Waals surface area contributed by atoms with Crippen molar-refractivity contribution >= 4 is 28.2 Å². The molecule has 94 valence electrons. The number of rotatable bonds is 3. The Balaban J connectivity index is 1.91. The summed E-state index contributed by atoms with van der Waals surface area (Å²) in [6.07, 6.45) is 5.35. The van der Waals surface area contributed by atoms with E-state index in [4.69, 9.17) is 11.6 Å². The third-order valence-electron chi connectivity index (χ3n) is 2.95. The van der Waals surface area contributed by atoms with Crippen LogP contribution in [0.15, 0.2) is 55.0 Å². The first-order valence-corrected chi connectivity index (χ1v) is 6.38. The van der Waals surface area contributed by atoms with Crippen molar-refractivity contribution in [2.24, 2.45) is 0 Å². The zero-order chi connectivity index (χ0) is 13.1. The minimum absolute atomic E-state index is 0.720. The molecule has 1 N–H and O–H groups in total. The number of pyridine rings is 2. The van der Waals surface area contributed by atoms with E-state index in [-0.39, 0.29) is 0 Å². The predicted molar refractivity (Wildman–Crippen MR) is 78.3 cm³/mol. The fourth-order valence-corrected chi connectivity index (χ4v) is 2.19. The summed E-state index contributed by atoms with van der Waals surface area (Å²) < 4.78 is 0. The quantitative estimate of drug-likeness (QED) is 0.784. The van der Waals surface area contributed by atoms with Crippen molar-refractivity contribution in [1.82, 2.24) is 9.97 Å². The molecule has 2 aromatic heterocycles. The summed E-state index contributed by atoms with van der Waals surface area (Å²) in [5.74, 6) is 0. The van der Waals surface area contributed by atoms with Crippen molar-refractivity contribution in [2.75, 3.05) is 5.32 Å². The number of hydrogen-bond acceptors (Lipinski definition) is 3. The Morgan fingerprint density at radius 3 is 2.68 bits per heavy atom. The number of fused-ring (bicyclic) bond motifs is 1. The van der Waals surface area contributed by atoms with Gasteiger partial charge in [-0.2, -0.15) is 0 Å². The molecule has 0 amide bonds. The Hall–Kier alpha value is -2.13. The summed E-state index contributed by atoms with van der Waals surface area (Å²) in [4.78, 5) is 8.40. The molecule has 3 rings (SSSR count). The first-order chi connectivity index (χ1) is 9.34. The molecule has 0 saturated heterocycles. The maximum Gasteiger partial charge on any atom is 0.0948 e. The average molecular weight is 270 g/mol. The molecule has 0 aliphatic carbocycles. The number of benzene rings is 1. The van der Waals surface area contributed by atoms with Crippen LogP contribution in [0.3, 0.4) is 0 Å². The second-order valence-electron chi connectivity index (χ2n) is 4.20. The fourth-order valence-electron chi connectivity index (χ4n) is 1.98. The number of anilines is 1. The maximum absolute atomic E-state index is 6.17. The minimum Gasteiger partial charge on any atom is -0.379 e. The molecule has 19 heavy (non-hydrogen) atoms. The van der Waals surface area contributed by atoms with Gasteiger partial charge in [0, 0.05) is 30.5 Å². The van der Waals surface area contributed by atoms with Gasteiger partial charge < -0.3 is 5.32 Å². The molecule has 1 aromatic carbocycles. The van der Waals surface area contributed by atoms with Gasteiger partial charge >= 0.3 is 0 Å². The molecule has 0 fully saturated rings. The van der Waals surface area contributed by atoms with Gasteiger partial charge in [-0.25, -0.2) is 0 Å². The third kappa shape index (κ3) is 2.51. The molecule has 0 saturated carbocycles. The monoisotopic (exact) mass is 269 g/mol. The van der Waals surface area contributed by atoms with Gasteiger partial charge in [0.05, 0.1) is 16.2 Å². The van der Waals surface area contributed by atoms with Gasteiger partial charge in [0.1, 0.15) is 0 Å². The molecule has 0 spiro atoms. The van der Waals surface area contributed by atoms with Crippen molar-refractivity contribution < 1.29 is 0 Å². The standard InChI is InChI=1S/C15H12ClN3/c16-13-3-4-14(15-12(13)2-1-7-18-15)19-10-11-5-8-17-9-6-11/h1-9,19H,10H2. The van der Waals surface area contributed by atoms with Crippen molar-refractivity contribution in [3.63, 3.8) is 0 Å². The fraction of sp³-hybridized carbons (Fsp3) is 0.0667. The molecule has 3 aromatic rings. The van der Waals surface area contributed by atoms with E-state index in [1.54, 1.807) is 18.6 Å². The van der Waals surface area contributed by atoms with Gasteiger partial charge in [-0.15, -0.1) is 0 Å². The van der Waals surface area contributed by atoms with E-state index >= 15 is 0 Å². The highest BCUT2D eigenvalue weighted by molar-refractivity contribution is 6.35. The molecular weight excluding hydrogens is 258 g/mol. The van der Waals surface area contributed by atoms with E-state index in [0.29, 0.717) is 0 Å². The van der Waals surface area contributed by atoms with Gasteiger partial charge in [-0.3, -0.25) is 9.97 Å². The SMILES string of the molecule is Clc1ccc(NCc2ccncc2)c2ncccc12. The number of halogens is 1. The van der Waals surface area contributed by atoms with Crippen LogP contribution < -0.4 is 5.32 Å². The van der Waals surface area contributed by atoms with Crippen LogP contribution in [0, 0.1) is 0 Å². The van der Waals surface area contributed by atoms with Gasteiger partial charge in [0.2, 0.25) is 0 Å². The van der Waals surface area contributed by atoms with Crippen LogP contribution in [0.25, 0.3) is 10.9 Å². The lowest BCUT2D eigenvalue weighted by atomic mass is 10.2. The Bertz CT molecular complexity index is 698. The third-order valence-corrected chi connectivity index (χ3v) is 3.28. The molecule has 3 nitrogen and oxygen atoms in total. The lowest BCUT2D eigenvalue weighted by Gasteiger charge is -2.10. The van der Waals surface area contributed by atoms with E-state index in [1.165, 1.54) is 5.56 Å². The summed E-state index contributed by atoms with van der Waals surface area (Å²) in [5, 5.41) is 5.06. The molecule has 0 aliphatic rings. The van der Waals surface area contributed by atoms with Gasteiger partial charge in [0.25, 0.3) is 0 Å². The Morgan fingerprint density at radius 2 is 1.84 bits per heavy atom. The largest absolute Gasteiger partial charge is 0.379 e. The summed E-state index contributed by atoms with van der Waals surface area (Å²) in [6.45, 7) is 0.732. The van der Waals surface area contributed by atoms with Gasteiger partial charge in [-0.1, -0.05) is 11.6 Å². The summed E-state index contributed by atoms with van der Waals surface area (Å²) in [5.41, 5.74) is 3.05. The van der Waals surface area contributed by atoms with Crippen molar-refractivity contribution in [1.29, 1.82) is 0 Å². The first-order valence-electron chi connectivity index (χ1n) is 6.00. The van der Waals surface area contributed by atoms with Crippen molar-refractivity contribution in [3.05, 3.63) is 65.6 Å². The first kappa shape index (κ1) is 11.9. The highest BCUT2D eigenvalue weighted by Crippen LogP contribution is 2.28. The van der Waals surface area contributed by atoms with Gasteiger partial charge in [0.15, 0.2) is 0 Å². The van der Waals surface area contributed by atoms with Crippen LogP contribution >= 0.6 is 11.6 Å². The van der Waals surface area contributed by atoms with Crippen molar-refractivity contribution in [3.8, 4) is 0 Å². The predicted octanol–water partition coefficient (Wildman–Crippen LogP) is 3.90. The van der Waals surface area contributed by atoms with Crippen LogP contribution in [-0.4, -0.2) is 9.97 Å². The second-order valence-corrected chi connectivity index (χ2v) is 4.61. The topological polar surface area (TPSA) is 37.8 Å².